The van der Waals surface area contributed by atoms with E-state index in [0.717, 1.165) is 0 Å². The van der Waals surface area contributed by atoms with Crippen molar-refractivity contribution in [2.75, 3.05) is 39.5 Å². The van der Waals surface area contributed by atoms with Gasteiger partial charge in [0.25, 0.3) is 0 Å². The van der Waals surface area contributed by atoms with Gasteiger partial charge in [-0.15, -0.1) is 0 Å². The van der Waals surface area contributed by atoms with E-state index in [4.69, 9.17) is 14.2 Å². The van der Waals surface area contributed by atoms with Crippen LogP contribution in [0.15, 0.2) is 40.4 Å². The van der Waals surface area contributed by atoms with Crippen molar-refractivity contribution in [3.63, 3.8) is 0 Å². The van der Waals surface area contributed by atoms with Gasteiger partial charge in [0.05, 0.1) is 47.6 Å². The summed E-state index contributed by atoms with van der Waals surface area (Å²) >= 11 is 0. The monoisotopic (exact) mass is 467 g/mol. The molecule has 2 aliphatic heterocycles. The molecule has 2 heterocycles. The maximum Gasteiger partial charge on any atom is 0.338 e. The standard InChI is InChI=1S/C20H25N3O8S/c1-3-30-19(25)17-13(2)21-20(26)22-16(17)12-31-18(24)14-4-6-15(7-5-14)32(27,28)23-8-10-29-11-9-23/h4-7,13H,3,8-12H2,1-2H3,(H2,21,22,26). The SMILES string of the molecule is CCOC(=O)C1=C(COC(=O)c2ccc(S(=O)(=O)N3CCOCC3)cc2)NC(=O)NC1C. The molecule has 11 nitrogen and oxygen atoms in total. The fourth-order valence-corrected chi connectivity index (χ4v) is 4.72. The highest BCUT2D eigenvalue weighted by molar-refractivity contribution is 7.89. The number of hydrogen-bond acceptors (Lipinski definition) is 8. The largest absolute Gasteiger partial charge is 0.463 e. The highest BCUT2D eigenvalue weighted by Crippen LogP contribution is 2.19. The van der Waals surface area contributed by atoms with E-state index in [-0.39, 0.29) is 48.0 Å². The van der Waals surface area contributed by atoms with Crippen LogP contribution in [0.3, 0.4) is 0 Å². The number of esters is 2. The Morgan fingerprint density at radius 3 is 2.41 bits per heavy atom. The second-order valence-electron chi connectivity index (χ2n) is 7.05. The fraction of sp³-hybridized carbons (Fsp3) is 0.450. The van der Waals surface area contributed by atoms with Crippen LogP contribution in [0.5, 0.6) is 0 Å². The average Bonchev–Trinajstić information content (AvgIpc) is 2.77. The van der Waals surface area contributed by atoms with Crippen LogP contribution in [0.25, 0.3) is 0 Å². The minimum absolute atomic E-state index is 0.0581. The summed E-state index contributed by atoms with van der Waals surface area (Å²) in [7, 11) is -3.68. The molecule has 1 aromatic rings. The number of rotatable bonds is 7. The van der Waals surface area contributed by atoms with Gasteiger partial charge in [0.15, 0.2) is 0 Å². The van der Waals surface area contributed by atoms with Crippen LogP contribution in [0.1, 0.15) is 24.2 Å². The summed E-state index contributed by atoms with van der Waals surface area (Å²) in [5.74, 6) is -1.37. The molecule has 0 bridgehead atoms. The van der Waals surface area contributed by atoms with Gasteiger partial charge in [-0.1, -0.05) is 0 Å². The first-order valence-electron chi connectivity index (χ1n) is 10.1. The highest BCUT2D eigenvalue weighted by atomic mass is 32.2. The summed E-state index contributed by atoms with van der Waals surface area (Å²) in [6, 6.07) is 4.20. The lowest BCUT2D eigenvalue weighted by atomic mass is 10.0. The zero-order valence-electron chi connectivity index (χ0n) is 17.8. The first-order chi connectivity index (χ1) is 15.2. The number of urea groups is 1. The van der Waals surface area contributed by atoms with Gasteiger partial charge in [0.1, 0.15) is 6.61 Å². The summed E-state index contributed by atoms with van der Waals surface area (Å²) in [5.41, 5.74) is 0.406. The lowest BCUT2D eigenvalue weighted by Gasteiger charge is -2.26. The van der Waals surface area contributed by atoms with Crippen molar-refractivity contribution in [3.8, 4) is 0 Å². The molecule has 1 unspecified atom stereocenters. The zero-order chi connectivity index (χ0) is 23.3. The van der Waals surface area contributed by atoms with Crippen LogP contribution in [-0.2, 0) is 29.0 Å². The van der Waals surface area contributed by atoms with E-state index in [2.05, 4.69) is 10.6 Å². The number of carbonyl (C=O) groups is 3. The van der Waals surface area contributed by atoms with Crippen molar-refractivity contribution in [1.82, 2.24) is 14.9 Å². The second kappa shape index (κ2) is 10.1. The minimum Gasteiger partial charge on any atom is -0.463 e. The van der Waals surface area contributed by atoms with E-state index in [0.29, 0.717) is 13.2 Å². The molecule has 0 spiro atoms. The van der Waals surface area contributed by atoms with E-state index in [9.17, 15) is 22.8 Å². The number of sulfonamides is 1. The van der Waals surface area contributed by atoms with E-state index in [1.807, 2.05) is 0 Å². The summed E-state index contributed by atoms with van der Waals surface area (Å²) in [6.07, 6.45) is 0. The number of benzene rings is 1. The van der Waals surface area contributed by atoms with Crippen LogP contribution in [0.4, 0.5) is 4.79 Å². The predicted molar refractivity (Wildman–Crippen MR) is 111 cm³/mol. The Hall–Kier alpha value is -2.96. The number of hydrogen-bond donors (Lipinski definition) is 2. The second-order valence-corrected chi connectivity index (χ2v) is 8.99. The molecule has 0 radical (unpaired) electrons. The topological polar surface area (TPSA) is 140 Å². The molecule has 2 N–H and O–H groups in total. The van der Waals surface area contributed by atoms with Crippen molar-refractivity contribution in [3.05, 3.63) is 41.1 Å². The van der Waals surface area contributed by atoms with Crippen molar-refractivity contribution in [2.45, 2.75) is 24.8 Å². The molecule has 0 saturated carbocycles. The molecular formula is C20H25N3O8S. The Morgan fingerprint density at radius 1 is 1.12 bits per heavy atom. The van der Waals surface area contributed by atoms with Gasteiger partial charge in [-0.05, 0) is 38.1 Å². The Morgan fingerprint density at radius 2 is 1.78 bits per heavy atom. The van der Waals surface area contributed by atoms with E-state index in [1.54, 1.807) is 13.8 Å². The van der Waals surface area contributed by atoms with Crippen molar-refractivity contribution >= 4 is 28.0 Å². The maximum atomic E-state index is 12.7. The van der Waals surface area contributed by atoms with Gasteiger partial charge in [-0.3, -0.25) is 0 Å². The summed E-state index contributed by atoms with van der Waals surface area (Å²) < 4.78 is 42.1. The number of morpholine rings is 1. The first-order valence-corrected chi connectivity index (χ1v) is 11.5. The van der Waals surface area contributed by atoms with Crippen LogP contribution in [0, 0.1) is 0 Å². The first kappa shape index (κ1) is 23.7. The van der Waals surface area contributed by atoms with Gasteiger partial charge < -0.3 is 24.8 Å². The Bertz CT molecular complexity index is 1010. The predicted octanol–water partition coefficient (Wildman–Crippen LogP) is 0.383. The molecule has 3 rings (SSSR count). The molecule has 12 heteroatoms. The maximum absolute atomic E-state index is 12.7. The lowest BCUT2D eigenvalue weighted by molar-refractivity contribution is -0.139. The number of nitrogens with one attached hydrogen (secondary N) is 2. The van der Waals surface area contributed by atoms with Gasteiger partial charge in [-0.25, -0.2) is 22.8 Å². The van der Waals surface area contributed by atoms with Crippen molar-refractivity contribution in [1.29, 1.82) is 0 Å². The van der Waals surface area contributed by atoms with Crippen LogP contribution in [0.2, 0.25) is 0 Å². The Kier molecular flexibility index (Phi) is 7.48. The number of amides is 2. The van der Waals surface area contributed by atoms with E-state index >= 15 is 0 Å². The van der Waals surface area contributed by atoms with Gasteiger partial charge in [0, 0.05) is 13.1 Å². The third kappa shape index (κ3) is 5.26. The molecule has 0 aromatic heterocycles. The van der Waals surface area contributed by atoms with Gasteiger partial charge >= 0.3 is 18.0 Å². The molecule has 1 atom stereocenters. The summed E-state index contributed by atoms with van der Waals surface area (Å²) in [5, 5.41) is 5.01. The third-order valence-electron chi connectivity index (χ3n) is 4.91. The molecule has 2 amide bonds. The van der Waals surface area contributed by atoms with Gasteiger partial charge in [0.2, 0.25) is 10.0 Å². The van der Waals surface area contributed by atoms with E-state index in [1.165, 1.54) is 28.6 Å². The molecule has 1 saturated heterocycles. The number of ether oxygens (including phenoxy) is 3. The Balaban J connectivity index is 1.70. The molecule has 2 aliphatic rings. The number of nitrogens with zero attached hydrogens (tertiary/aromatic N) is 1. The number of carbonyl (C=O) groups excluding carboxylic acids is 3. The fourth-order valence-electron chi connectivity index (χ4n) is 3.31. The quantitative estimate of drug-likeness (QED) is 0.549. The van der Waals surface area contributed by atoms with Crippen molar-refractivity contribution < 1.29 is 37.0 Å². The Labute approximate surface area is 185 Å². The third-order valence-corrected chi connectivity index (χ3v) is 6.82. The normalized spacial score (nSPS) is 19.7. The summed E-state index contributed by atoms with van der Waals surface area (Å²) in [4.78, 5) is 36.5. The highest BCUT2D eigenvalue weighted by Gasteiger charge is 2.30. The van der Waals surface area contributed by atoms with Crippen LogP contribution < -0.4 is 10.6 Å². The lowest BCUT2D eigenvalue weighted by Crippen LogP contribution is -2.50. The zero-order valence-corrected chi connectivity index (χ0v) is 18.6. The summed E-state index contributed by atoms with van der Waals surface area (Å²) in [6.45, 7) is 4.25. The van der Waals surface area contributed by atoms with Crippen LogP contribution in [-0.4, -0.2) is 76.3 Å². The molecule has 0 aliphatic carbocycles. The molecule has 1 fully saturated rings. The van der Waals surface area contributed by atoms with Crippen LogP contribution >= 0.6 is 0 Å². The molecule has 1 aromatic carbocycles. The average molecular weight is 468 g/mol. The van der Waals surface area contributed by atoms with Gasteiger partial charge in [-0.2, -0.15) is 4.31 Å². The van der Waals surface area contributed by atoms with Crippen molar-refractivity contribution in [2.24, 2.45) is 0 Å². The molecular weight excluding hydrogens is 442 g/mol. The minimum atomic E-state index is -3.68. The smallest absolute Gasteiger partial charge is 0.338 e. The molecule has 32 heavy (non-hydrogen) atoms. The molecule has 174 valence electrons. The van der Waals surface area contributed by atoms with E-state index < -0.39 is 34.0 Å².